The van der Waals surface area contributed by atoms with Crippen LogP contribution in [0.15, 0.2) is 47.6 Å². The van der Waals surface area contributed by atoms with Crippen LogP contribution in [-0.2, 0) is 24.2 Å². The number of nitrogens with zero attached hydrogens (tertiary/aromatic N) is 2. The maximum atomic E-state index is 13.3. The topological polar surface area (TPSA) is 118 Å². The molecule has 0 saturated heterocycles. The summed E-state index contributed by atoms with van der Waals surface area (Å²) in [6.07, 6.45) is 21.5. The van der Waals surface area contributed by atoms with Gasteiger partial charge >= 0.3 is 0 Å². The molecule has 1 aromatic heterocycles. The summed E-state index contributed by atoms with van der Waals surface area (Å²) in [5.41, 5.74) is 15.8. The minimum Gasteiger partial charge on any atom is -0.370 e. The predicted octanol–water partition coefficient (Wildman–Crippen LogP) is 5.86. The molecule has 7 nitrogen and oxygen atoms in total. The average Bonchev–Trinajstić information content (AvgIpc) is 3.00. The van der Waals surface area contributed by atoms with E-state index in [0.717, 1.165) is 49.3 Å². The molecule has 0 aliphatic heterocycles. The molecule has 2 aromatic rings. The molecule has 2 atom stereocenters. The number of nitrogens with one attached hydrogen (secondary N) is 2. The molecule has 1 heterocycles. The summed E-state index contributed by atoms with van der Waals surface area (Å²) in [5.74, 6) is 1.10. The highest BCUT2D eigenvalue weighted by Crippen LogP contribution is 2.29. The average molecular weight is 561 g/mol. The zero-order chi connectivity index (χ0) is 28.7. The zero-order valence-corrected chi connectivity index (χ0v) is 25.0. The number of carbonyl (C=O) groups excluding carboxylic acids is 1. The van der Waals surface area contributed by atoms with Crippen LogP contribution in [-0.4, -0.2) is 29.4 Å². The predicted molar refractivity (Wildman–Crippen MR) is 168 cm³/mol. The van der Waals surface area contributed by atoms with E-state index in [4.69, 9.17) is 11.5 Å². The molecule has 2 aliphatic rings. The molecule has 1 saturated carbocycles. The third kappa shape index (κ3) is 10.8. The largest absolute Gasteiger partial charge is 0.370 e. The van der Waals surface area contributed by atoms with Gasteiger partial charge in [0.25, 0.3) is 0 Å². The summed E-state index contributed by atoms with van der Waals surface area (Å²) in [6.45, 7) is 1.03. The number of benzene rings is 1. The number of rotatable bonds is 16. The molecular formula is C34H52N6O. The van der Waals surface area contributed by atoms with Crippen molar-refractivity contribution in [1.82, 2.24) is 15.6 Å². The molecule has 1 amide bonds. The highest BCUT2D eigenvalue weighted by Gasteiger charge is 2.27. The Balaban J connectivity index is 1.21. The molecule has 2 aliphatic carbocycles. The minimum absolute atomic E-state index is 0.00931. The molecule has 0 spiro atoms. The van der Waals surface area contributed by atoms with Crippen LogP contribution >= 0.6 is 0 Å². The Hall–Kier alpha value is -2.93. The summed E-state index contributed by atoms with van der Waals surface area (Å²) in [4.78, 5) is 22.1. The zero-order valence-electron chi connectivity index (χ0n) is 25.0. The Morgan fingerprint density at radius 3 is 2.51 bits per heavy atom. The van der Waals surface area contributed by atoms with Gasteiger partial charge in [-0.3, -0.25) is 20.1 Å². The Bertz CT molecular complexity index is 1070. The molecule has 224 valence electrons. The fourth-order valence-corrected chi connectivity index (χ4v) is 6.54. The van der Waals surface area contributed by atoms with E-state index in [2.05, 4.69) is 50.9 Å². The highest BCUT2D eigenvalue weighted by molar-refractivity contribution is 5.81. The number of pyridine rings is 1. The third-order valence-electron chi connectivity index (χ3n) is 8.90. The van der Waals surface area contributed by atoms with E-state index in [0.29, 0.717) is 19.5 Å². The smallest absolute Gasteiger partial charge is 0.237 e. The van der Waals surface area contributed by atoms with Crippen LogP contribution in [0.25, 0.3) is 0 Å². The van der Waals surface area contributed by atoms with E-state index < -0.39 is 0 Å². The van der Waals surface area contributed by atoms with Gasteiger partial charge in [-0.2, -0.15) is 0 Å². The van der Waals surface area contributed by atoms with Crippen LogP contribution in [0.4, 0.5) is 0 Å². The quantitative estimate of drug-likeness (QED) is 0.116. The van der Waals surface area contributed by atoms with Crippen molar-refractivity contribution < 1.29 is 4.79 Å². The van der Waals surface area contributed by atoms with Crippen molar-refractivity contribution in [2.45, 2.75) is 121 Å². The minimum atomic E-state index is -0.334. The van der Waals surface area contributed by atoms with Crippen molar-refractivity contribution in [2.75, 3.05) is 6.54 Å². The van der Waals surface area contributed by atoms with Crippen LogP contribution in [0.3, 0.4) is 0 Å². The second-order valence-electron chi connectivity index (χ2n) is 12.2. The van der Waals surface area contributed by atoms with Gasteiger partial charge in [-0.1, -0.05) is 88.1 Å². The number of fused-ring (bicyclic) bond motifs is 1. The normalized spacial score (nSPS) is 17.9. The SMILES string of the molecule is NC(N)=NCCC[C@H](NC1CCCc2cccnc21)C(=O)NCc1ccc(CCCCCCC2CCCCC2)cc1. The van der Waals surface area contributed by atoms with Gasteiger partial charge in [-0.05, 0) is 73.6 Å². The van der Waals surface area contributed by atoms with Gasteiger partial charge in [0.1, 0.15) is 0 Å². The maximum Gasteiger partial charge on any atom is 0.237 e. The highest BCUT2D eigenvalue weighted by atomic mass is 16.2. The lowest BCUT2D eigenvalue weighted by molar-refractivity contribution is -0.123. The molecule has 7 heteroatoms. The second-order valence-corrected chi connectivity index (χ2v) is 12.2. The molecule has 4 rings (SSSR count). The Morgan fingerprint density at radius 1 is 0.927 bits per heavy atom. The van der Waals surface area contributed by atoms with Gasteiger partial charge in [-0.15, -0.1) is 0 Å². The third-order valence-corrected chi connectivity index (χ3v) is 8.90. The molecular weight excluding hydrogens is 508 g/mol. The van der Waals surface area contributed by atoms with E-state index in [-0.39, 0.29) is 24.0 Å². The van der Waals surface area contributed by atoms with E-state index in [1.807, 2.05) is 12.3 Å². The van der Waals surface area contributed by atoms with E-state index in [9.17, 15) is 4.79 Å². The first-order valence-corrected chi connectivity index (χ1v) is 16.2. The molecule has 6 N–H and O–H groups in total. The van der Waals surface area contributed by atoms with Crippen LogP contribution < -0.4 is 22.1 Å². The van der Waals surface area contributed by atoms with Gasteiger partial charge in [0.05, 0.1) is 17.8 Å². The van der Waals surface area contributed by atoms with Crippen molar-refractivity contribution in [1.29, 1.82) is 0 Å². The van der Waals surface area contributed by atoms with Crippen LogP contribution in [0.1, 0.15) is 118 Å². The molecule has 1 fully saturated rings. The molecule has 0 radical (unpaired) electrons. The van der Waals surface area contributed by atoms with Gasteiger partial charge in [0.15, 0.2) is 5.96 Å². The summed E-state index contributed by atoms with van der Waals surface area (Å²) in [6, 6.07) is 12.6. The van der Waals surface area contributed by atoms with Crippen molar-refractivity contribution in [3.05, 3.63) is 65.0 Å². The summed E-state index contributed by atoms with van der Waals surface area (Å²) in [7, 11) is 0. The first-order chi connectivity index (χ1) is 20.1. The van der Waals surface area contributed by atoms with E-state index in [1.165, 1.54) is 75.3 Å². The number of carbonyl (C=O) groups is 1. The Morgan fingerprint density at radius 2 is 1.71 bits per heavy atom. The van der Waals surface area contributed by atoms with Crippen molar-refractivity contribution in [2.24, 2.45) is 22.4 Å². The summed E-state index contributed by atoms with van der Waals surface area (Å²) < 4.78 is 0. The van der Waals surface area contributed by atoms with Crippen LogP contribution in [0, 0.1) is 5.92 Å². The first-order valence-electron chi connectivity index (χ1n) is 16.2. The fourth-order valence-electron chi connectivity index (χ4n) is 6.54. The number of guanidine groups is 1. The number of hydrogen-bond acceptors (Lipinski definition) is 4. The number of hydrogen-bond donors (Lipinski definition) is 4. The molecule has 1 aromatic carbocycles. The number of aliphatic imine (C=N–C) groups is 1. The summed E-state index contributed by atoms with van der Waals surface area (Å²) in [5, 5.41) is 6.78. The summed E-state index contributed by atoms with van der Waals surface area (Å²) >= 11 is 0. The standard InChI is InChI=1S/C34H52N6O/c35-34(36)38-24-10-18-31(40-30-17-8-15-29-16-9-23-37-32(29)30)33(41)39-25-28-21-19-27(20-22-28)14-5-2-1-4-11-26-12-6-3-7-13-26/h9,16,19-23,26,30-31,40H,1-8,10-15,17-18,24-25H2,(H,39,41)(H4,35,36,38)/t30?,31-/m0/s1. The van der Waals surface area contributed by atoms with Gasteiger partial charge in [0, 0.05) is 19.3 Å². The molecule has 0 bridgehead atoms. The lowest BCUT2D eigenvalue weighted by Crippen LogP contribution is -2.46. The number of amides is 1. The number of nitrogens with two attached hydrogens (primary N) is 2. The Labute approximate surface area is 247 Å². The van der Waals surface area contributed by atoms with Crippen molar-refractivity contribution >= 4 is 11.9 Å². The Kier molecular flexibility index (Phi) is 13.0. The second kappa shape index (κ2) is 17.1. The van der Waals surface area contributed by atoms with Crippen LogP contribution in [0.5, 0.6) is 0 Å². The van der Waals surface area contributed by atoms with E-state index in [1.54, 1.807) is 0 Å². The monoisotopic (exact) mass is 560 g/mol. The van der Waals surface area contributed by atoms with Crippen molar-refractivity contribution in [3.63, 3.8) is 0 Å². The number of aryl methyl sites for hydroxylation is 2. The lowest BCUT2D eigenvalue weighted by Gasteiger charge is -2.29. The molecule has 41 heavy (non-hydrogen) atoms. The number of unbranched alkanes of at least 4 members (excludes halogenated alkanes) is 3. The van der Waals surface area contributed by atoms with Gasteiger partial charge < -0.3 is 16.8 Å². The fraction of sp³-hybridized carbons (Fsp3) is 0.618. The van der Waals surface area contributed by atoms with Gasteiger partial charge in [0.2, 0.25) is 5.91 Å². The van der Waals surface area contributed by atoms with Gasteiger partial charge in [-0.25, -0.2) is 0 Å². The van der Waals surface area contributed by atoms with E-state index >= 15 is 0 Å². The lowest BCUT2D eigenvalue weighted by atomic mass is 9.85. The first kappa shape index (κ1) is 31.0. The maximum absolute atomic E-state index is 13.3. The van der Waals surface area contributed by atoms with Crippen LogP contribution in [0.2, 0.25) is 0 Å². The number of aromatic nitrogens is 1. The van der Waals surface area contributed by atoms with Crippen molar-refractivity contribution in [3.8, 4) is 0 Å². The molecule has 1 unspecified atom stereocenters.